The lowest BCUT2D eigenvalue weighted by Crippen LogP contribution is -2.31. The summed E-state index contributed by atoms with van der Waals surface area (Å²) in [7, 11) is 0. The summed E-state index contributed by atoms with van der Waals surface area (Å²) in [5, 5.41) is 6.08. The van der Waals surface area contributed by atoms with E-state index in [0.29, 0.717) is 23.9 Å². The van der Waals surface area contributed by atoms with Crippen LogP contribution in [0.3, 0.4) is 0 Å². The minimum absolute atomic E-state index is 0.0109. The van der Waals surface area contributed by atoms with Gasteiger partial charge in [-0.25, -0.2) is 0 Å². The molecule has 0 aliphatic heterocycles. The van der Waals surface area contributed by atoms with E-state index in [1.54, 1.807) is 0 Å². The van der Waals surface area contributed by atoms with Crippen LogP contribution in [0.15, 0.2) is 0 Å². The topological polar surface area (TPSA) is 66.9 Å². The van der Waals surface area contributed by atoms with E-state index in [9.17, 15) is 4.79 Å². The second-order valence-electron chi connectivity index (χ2n) is 3.30. The van der Waals surface area contributed by atoms with Crippen molar-refractivity contribution in [3.63, 3.8) is 0 Å². The van der Waals surface area contributed by atoms with Gasteiger partial charge in [-0.2, -0.15) is 8.75 Å². The Kier molecular flexibility index (Phi) is 4.77. The van der Waals surface area contributed by atoms with E-state index in [-0.39, 0.29) is 11.9 Å². The van der Waals surface area contributed by atoms with Crippen molar-refractivity contribution in [1.82, 2.24) is 14.1 Å². The number of halogens is 1. The van der Waals surface area contributed by atoms with E-state index in [2.05, 4.69) is 19.4 Å². The summed E-state index contributed by atoms with van der Waals surface area (Å²) in [6.07, 6.45) is 0.395. The van der Waals surface area contributed by atoms with Gasteiger partial charge < -0.3 is 10.6 Å². The maximum absolute atomic E-state index is 11.2. The molecule has 0 bridgehead atoms. The van der Waals surface area contributed by atoms with Gasteiger partial charge in [-0.3, -0.25) is 4.79 Å². The largest absolute Gasteiger partial charge is 0.366 e. The van der Waals surface area contributed by atoms with Crippen LogP contribution in [0.2, 0.25) is 5.15 Å². The Bertz CT molecular complexity index is 328. The van der Waals surface area contributed by atoms with E-state index in [1.165, 1.54) is 0 Å². The van der Waals surface area contributed by atoms with Gasteiger partial charge in [0.1, 0.15) is 0 Å². The molecular weight excluding hydrogens is 236 g/mol. The molecule has 0 fully saturated rings. The Hall–Kier alpha value is -0.880. The van der Waals surface area contributed by atoms with Crippen molar-refractivity contribution < 1.29 is 4.79 Å². The number of hydrogen-bond donors (Lipinski definition) is 2. The minimum Gasteiger partial charge on any atom is -0.366 e. The van der Waals surface area contributed by atoms with Gasteiger partial charge in [0.15, 0.2) is 11.0 Å². The van der Waals surface area contributed by atoms with E-state index in [4.69, 9.17) is 11.6 Å². The first-order chi connectivity index (χ1) is 7.09. The Morgan fingerprint density at radius 2 is 2.27 bits per heavy atom. The molecule has 5 nitrogen and oxygen atoms in total. The second kappa shape index (κ2) is 5.87. The van der Waals surface area contributed by atoms with Gasteiger partial charge in [-0.05, 0) is 13.8 Å². The first kappa shape index (κ1) is 12.2. The fraction of sp³-hybridized carbons (Fsp3) is 0.625. The molecule has 0 radical (unpaired) electrons. The molecule has 0 aromatic carbocycles. The summed E-state index contributed by atoms with van der Waals surface area (Å²) in [6.45, 7) is 4.35. The van der Waals surface area contributed by atoms with E-state index in [0.717, 1.165) is 11.7 Å². The average Bonchev–Trinajstić information content (AvgIpc) is 2.50. The van der Waals surface area contributed by atoms with Gasteiger partial charge in [0.2, 0.25) is 5.91 Å². The van der Waals surface area contributed by atoms with Crippen molar-refractivity contribution in [2.45, 2.75) is 26.3 Å². The zero-order valence-electron chi connectivity index (χ0n) is 8.58. The monoisotopic (exact) mass is 248 g/mol. The maximum Gasteiger partial charge on any atom is 0.221 e. The fourth-order valence-corrected chi connectivity index (χ4v) is 1.66. The molecule has 0 aliphatic carbocycles. The number of nitrogens with zero attached hydrogens (tertiary/aromatic N) is 2. The summed E-state index contributed by atoms with van der Waals surface area (Å²) in [5.41, 5.74) is 0. The summed E-state index contributed by atoms with van der Waals surface area (Å²) < 4.78 is 7.73. The van der Waals surface area contributed by atoms with Gasteiger partial charge in [-0.1, -0.05) is 11.6 Å². The molecule has 1 heterocycles. The zero-order valence-corrected chi connectivity index (χ0v) is 10.2. The Morgan fingerprint density at radius 1 is 1.53 bits per heavy atom. The number of anilines is 1. The van der Waals surface area contributed by atoms with Crippen LogP contribution in [0.4, 0.5) is 5.82 Å². The SMILES string of the molecule is CC(C)NC(=O)CCNc1nsnc1Cl. The number of nitrogens with one attached hydrogen (secondary N) is 2. The third-order valence-corrected chi connectivity index (χ3v) is 2.43. The minimum atomic E-state index is 0.0109. The number of aromatic nitrogens is 2. The normalized spacial score (nSPS) is 10.4. The van der Waals surface area contributed by atoms with E-state index < -0.39 is 0 Å². The average molecular weight is 249 g/mol. The van der Waals surface area contributed by atoms with E-state index in [1.807, 2.05) is 13.8 Å². The molecule has 0 saturated heterocycles. The van der Waals surface area contributed by atoms with Gasteiger partial charge >= 0.3 is 0 Å². The van der Waals surface area contributed by atoms with Crippen LogP contribution in [0.5, 0.6) is 0 Å². The Balaban J connectivity index is 2.22. The highest BCUT2D eigenvalue weighted by molar-refractivity contribution is 6.99. The summed E-state index contributed by atoms with van der Waals surface area (Å²) in [4.78, 5) is 11.2. The summed E-state index contributed by atoms with van der Waals surface area (Å²) in [5.74, 6) is 0.552. The lowest BCUT2D eigenvalue weighted by molar-refractivity contribution is -0.121. The standard InChI is InChI=1S/C8H13ClN4OS/c1-5(2)11-6(14)3-4-10-8-7(9)12-15-13-8/h5H,3-4H2,1-2H3,(H,10,13)(H,11,14). The maximum atomic E-state index is 11.2. The predicted molar refractivity (Wildman–Crippen MR) is 61.3 cm³/mol. The van der Waals surface area contributed by atoms with Crippen LogP contribution >= 0.6 is 23.3 Å². The van der Waals surface area contributed by atoms with Crippen LogP contribution in [0.1, 0.15) is 20.3 Å². The fourth-order valence-electron chi connectivity index (χ4n) is 0.972. The Morgan fingerprint density at radius 3 is 2.80 bits per heavy atom. The molecule has 84 valence electrons. The number of carbonyl (C=O) groups excluding carboxylic acids is 1. The van der Waals surface area contributed by atoms with Crippen molar-refractivity contribution in [3.05, 3.63) is 5.15 Å². The number of amides is 1. The van der Waals surface area contributed by atoms with Crippen molar-refractivity contribution in [1.29, 1.82) is 0 Å². The highest BCUT2D eigenvalue weighted by Crippen LogP contribution is 2.17. The molecule has 15 heavy (non-hydrogen) atoms. The molecule has 0 atom stereocenters. The van der Waals surface area contributed by atoms with Crippen molar-refractivity contribution >= 4 is 35.1 Å². The predicted octanol–water partition coefficient (Wildman–Crippen LogP) is 1.52. The van der Waals surface area contributed by atoms with Crippen LogP contribution in [-0.4, -0.2) is 27.2 Å². The smallest absolute Gasteiger partial charge is 0.221 e. The molecule has 0 unspecified atom stereocenters. The lowest BCUT2D eigenvalue weighted by atomic mass is 10.3. The quantitative estimate of drug-likeness (QED) is 0.829. The highest BCUT2D eigenvalue weighted by atomic mass is 35.5. The van der Waals surface area contributed by atoms with Gasteiger partial charge in [0.05, 0.1) is 11.7 Å². The third-order valence-electron chi connectivity index (χ3n) is 1.54. The summed E-state index contributed by atoms with van der Waals surface area (Å²) >= 11 is 6.75. The number of rotatable bonds is 5. The molecule has 0 aliphatic rings. The molecule has 1 amide bonds. The molecule has 0 saturated carbocycles. The number of carbonyl (C=O) groups is 1. The second-order valence-corrected chi connectivity index (χ2v) is 4.19. The van der Waals surface area contributed by atoms with Crippen molar-refractivity contribution in [2.75, 3.05) is 11.9 Å². The molecule has 1 aromatic rings. The van der Waals surface area contributed by atoms with Crippen LogP contribution in [0.25, 0.3) is 0 Å². The van der Waals surface area contributed by atoms with Gasteiger partial charge in [-0.15, -0.1) is 0 Å². The van der Waals surface area contributed by atoms with Crippen LogP contribution in [0, 0.1) is 0 Å². The summed E-state index contributed by atoms with van der Waals surface area (Å²) in [6, 6.07) is 0.169. The third kappa shape index (κ3) is 4.44. The molecule has 1 aromatic heterocycles. The van der Waals surface area contributed by atoms with E-state index >= 15 is 0 Å². The number of hydrogen-bond acceptors (Lipinski definition) is 5. The van der Waals surface area contributed by atoms with Crippen LogP contribution < -0.4 is 10.6 Å². The molecule has 7 heteroatoms. The zero-order chi connectivity index (χ0) is 11.3. The van der Waals surface area contributed by atoms with Gasteiger partial charge in [0.25, 0.3) is 0 Å². The molecule has 2 N–H and O–H groups in total. The first-order valence-corrected chi connectivity index (χ1v) is 5.71. The van der Waals surface area contributed by atoms with Crippen LogP contribution in [-0.2, 0) is 4.79 Å². The van der Waals surface area contributed by atoms with Crippen molar-refractivity contribution in [2.24, 2.45) is 0 Å². The lowest BCUT2D eigenvalue weighted by Gasteiger charge is -2.08. The highest BCUT2D eigenvalue weighted by Gasteiger charge is 2.06. The first-order valence-electron chi connectivity index (χ1n) is 4.61. The molecule has 0 spiro atoms. The Labute approximate surface area is 97.5 Å². The van der Waals surface area contributed by atoms with Gasteiger partial charge in [0, 0.05) is 19.0 Å². The molecular formula is C8H13ClN4OS. The van der Waals surface area contributed by atoms with Crippen molar-refractivity contribution in [3.8, 4) is 0 Å². The molecule has 1 rings (SSSR count).